The molecule has 1 spiro atoms. The molecule has 2 heterocycles. The number of carbonyl (C=O) groups is 1. The molecule has 2 aliphatic rings. The van der Waals surface area contributed by atoms with Crippen LogP contribution >= 0.6 is 0 Å². The van der Waals surface area contributed by atoms with Crippen molar-refractivity contribution in [3.63, 3.8) is 0 Å². The second-order valence-electron chi connectivity index (χ2n) is 5.79. The van der Waals surface area contributed by atoms with Crippen LogP contribution in [0.15, 0.2) is 48.5 Å². The maximum absolute atomic E-state index is 12.9. The van der Waals surface area contributed by atoms with Crippen molar-refractivity contribution in [2.45, 2.75) is 5.79 Å². The van der Waals surface area contributed by atoms with Gasteiger partial charge in [0.15, 0.2) is 11.5 Å². The molecule has 1 fully saturated rings. The number of para-hydroxylation sites is 3. The molecule has 6 heteroatoms. The standard InChI is InChI=1S/C19H19NO5/c1-22-16-8-4-5-9-17(16)23-11-10-20-15-7-3-2-6-14(15)19(18(20)21)24-12-13-25-19/h2-9H,10-13H2,1H3. The van der Waals surface area contributed by atoms with E-state index in [2.05, 4.69) is 0 Å². The Bertz CT molecular complexity index is 785. The number of fused-ring (bicyclic) bond motifs is 2. The molecule has 2 aliphatic heterocycles. The van der Waals surface area contributed by atoms with E-state index in [-0.39, 0.29) is 5.91 Å². The molecule has 1 saturated heterocycles. The van der Waals surface area contributed by atoms with Gasteiger partial charge in [-0.3, -0.25) is 4.79 Å². The van der Waals surface area contributed by atoms with Crippen molar-refractivity contribution in [3.8, 4) is 11.5 Å². The smallest absolute Gasteiger partial charge is 0.292 e. The molecule has 2 aromatic rings. The van der Waals surface area contributed by atoms with Crippen LogP contribution in [0.1, 0.15) is 5.56 Å². The molecule has 0 N–H and O–H groups in total. The van der Waals surface area contributed by atoms with Crippen LogP contribution in [0.5, 0.6) is 11.5 Å². The van der Waals surface area contributed by atoms with E-state index in [4.69, 9.17) is 18.9 Å². The lowest BCUT2D eigenvalue weighted by atomic mass is 10.1. The number of hydrogen-bond acceptors (Lipinski definition) is 5. The number of carbonyl (C=O) groups excluding carboxylic acids is 1. The maximum Gasteiger partial charge on any atom is 0.292 e. The van der Waals surface area contributed by atoms with Crippen LogP contribution in [0.25, 0.3) is 0 Å². The number of hydrogen-bond donors (Lipinski definition) is 0. The number of anilines is 1. The topological polar surface area (TPSA) is 57.2 Å². The normalized spacial score (nSPS) is 17.8. The Labute approximate surface area is 145 Å². The number of amides is 1. The van der Waals surface area contributed by atoms with Crippen molar-refractivity contribution in [1.29, 1.82) is 0 Å². The average molecular weight is 341 g/mol. The first kappa shape index (κ1) is 15.9. The van der Waals surface area contributed by atoms with E-state index in [1.54, 1.807) is 12.0 Å². The third-order valence-electron chi connectivity index (χ3n) is 4.41. The molecule has 0 atom stereocenters. The van der Waals surface area contributed by atoms with E-state index in [0.717, 1.165) is 11.3 Å². The number of benzene rings is 2. The highest BCUT2D eigenvalue weighted by Crippen LogP contribution is 2.45. The van der Waals surface area contributed by atoms with Crippen molar-refractivity contribution in [2.24, 2.45) is 0 Å². The van der Waals surface area contributed by atoms with Crippen LogP contribution in [0.2, 0.25) is 0 Å². The van der Waals surface area contributed by atoms with Gasteiger partial charge in [0.2, 0.25) is 0 Å². The van der Waals surface area contributed by atoms with Gasteiger partial charge >= 0.3 is 0 Å². The highest BCUT2D eigenvalue weighted by Gasteiger charge is 2.55. The van der Waals surface area contributed by atoms with Crippen LogP contribution in [0.3, 0.4) is 0 Å². The molecule has 2 aromatic carbocycles. The lowest BCUT2D eigenvalue weighted by molar-refractivity contribution is -0.180. The summed E-state index contributed by atoms with van der Waals surface area (Å²) in [7, 11) is 1.60. The van der Waals surface area contributed by atoms with E-state index in [0.29, 0.717) is 37.9 Å². The van der Waals surface area contributed by atoms with Crippen molar-refractivity contribution < 1.29 is 23.7 Å². The Morgan fingerprint density at radius 3 is 2.48 bits per heavy atom. The molecular formula is C19H19NO5. The first-order chi connectivity index (χ1) is 12.3. The zero-order valence-corrected chi connectivity index (χ0v) is 13.9. The summed E-state index contributed by atoms with van der Waals surface area (Å²) < 4.78 is 22.5. The minimum Gasteiger partial charge on any atom is -0.493 e. The molecule has 130 valence electrons. The SMILES string of the molecule is COc1ccccc1OCCN1C(=O)C2(OCCO2)c2ccccc21. The van der Waals surface area contributed by atoms with E-state index in [9.17, 15) is 4.79 Å². The van der Waals surface area contributed by atoms with Gasteiger partial charge in [-0.15, -0.1) is 0 Å². The van der Waals surface area contributed by atoms with Gasteiger partial charge in [0.05, 0.1) is 32.6 Å². The average Bonchev–Trinajstić information content (AvgIpc) is 3.23. The van der Waals surface area contributed by atoms with Crippen LogP contribution in [-0.2, 0) is 20.1 Å². The lowest BCUT2D eigenvalue weighted by Crippen LogP contribution is -2.42. The molecule has 0 unspecified atom stereocenters. The van der Waals surface area contributed by atoms with Crippen LogP contribution in [0.4, 0.5) is 5.69 Å². The molecule has 1 amide bonds. The highest BCUT2D eigenvalue weighted by molar-refractivity contribution is 6.06. The summed E-state index contributed by atoms with van der Waals surface area (Å²) in [5, 5.41) is 0. The Balaban J connectivity index is 1.52. The number of ether oxygens (including phenoxy) is 4. The van der Waals surface area contributed by atoms with Gasteiger partial charge in [-0.25, -0.2) is 0 Å². The fraction of sp³-hybridized carbons (Fsp3) is 0.316. The van der Waals surface area contributed by atoms with Gasteiger partial charge in [0.25, 0.3) is 11.7 Å². The van der Waals surface area contributed by atoms with Gasteiger partial charge in [-0.1, -0.05) is 30.3 Å². The van der Waals surface area contributed by atoms with Gasteiger partial charge < -0.3 is 23.8 Å². The number of methoxy groups -OCH3 is 1. The van der Waals surface area contributed by atoms with E-state index >= 15 is 0 Å². The molecule has 25 heavy (non-hydrogen) atoms. The van der Waals surface area contributed by atoms with Crippen LogP contribution in [0, 0.1) is 0 Å². The molecular weight excluding hydrogens is 322 g/mol. The first-order valence-corrected chi connectivity index (χ1v) is 8.21. The van der Waals surface area contributed by atoms with Gasteiger partial charge in [-0.2, -0.15) is 0 Å². The summed E-state index contributed by atoms with van der Waals surface area (Å²) in [5.74, 6) is -0.182. The first-order valence-electron chi connectivity index (χ1n) is 8.21. The number of rotatable bonds is 5. The third-order valence-corrected chi connectivity index (χ3v) is 4.41. The summed E-state index contributed by atoms with van der Waals surface area (Å²) in [4.78, 5) is 14.6. The van der Waals surface area contributed by atoms with E-state index in [1.165, 1.54) is 0 Å². The highest BCUT2D eigenvalue weighted by atomic mass is 16.7. The van der Waals surface area contributed by atoms with Crippen LogP contribution in [-0.4, -0.2) is 39.4 Å². The van der Waals surface area contributed by atoms with Crippen molar-refractivity contribution in [1.82, 2.24) is 0 Å². The Morgan fingerprint density at radius 2 is 1.72 bits per heavy atom. The summed E-state index contributed by atoms with van der Waals surface area (Å²) in [6.07, 6.45) is 0. The Hall–Kier alpha value is -2.57. The summed E-state index contributed by atoms with van der Waals surface area (Å²) in [6, 6.07) is 15.0. The van der Waals surface area contributed by atoms with Gasteiger partial charge in [0, 0.05) is 5.56 Å². The molecule has 0 aromatic heterocycles. The second kappa shape index (κ2) is 6.38. The molecule has 6 nitrogen and oxygen atoms in total. The summed E-state index contributed by atoms with van der Waals surface area (Å²) in [5.41, 5.74) is 1.56. The molecule has 0 radical (unpaired) electrons. The molecule has 0 saturated carbocycles. The van der Waals surface area contributed by atoms with Crippen molar-refractivity contribution >= 4 is 11.6 Å². The Kier molecular flexibility index (Phi) is 4.07. The zero-order chi connectivity index (χ0) is 17.3. The van der Waals surface area contributed by atoms with Gasteiger partial charge in [-0.05, 0) is 18.2 Å². The van der Waals surface area contributed by atoms with Gasteiger partial charge in [0.1, 0.15) is 6.61 Å². The summed E-state index contributed by atoms with van der Waals surface area (Å²) >= 11 is 0. The predicted molar refractivity (Wildman–Crippen MR) is 90.9 cm³/mol. The van der Waals surface area contributed by atoms with Crippen LogP contribution < -0.4 is 14.4 Å². The molecule has 4 rings (SSSR count). The zero-order valence-electron chi connectivity index (χ0n) is 13.9. The second-order valence-corrected chi connectivity index (χ2v) is 5.79. The monoisotopic (exact) mass is 341 g/mol. The largest absolute Gasteiger partial charge is 0.493 e. The fourth-order valence-corrected chi connectivity index (χ4v) is 3.29. The fourth-order valence-electron chi connectivity index (χ4n) is 3.29. The quantitative estimate of drug-likeness (QED) is 0.835. The predicted octanol–water partition coefficient (Wildman–Crippen LogP) is 2.32. The van der Waals surface area contributed by atoms with E-state index < -0.39 is 5.79 Å². The minimum atomic E-state index is -1.29. The summed E-state index contributed by atoms with van der Waals surface area (Å²) in [6.45, 7) is 1.54. The molecule has 0 bridgehead atoms. The number of nitrogens with zero attached hydrogens (tertiary/aromatic N) is 1. The third kappa shape index (κ3) is 2.54. The lowest BCUT2D eigenvalue weighted by Gasteiger charge is -2.22. The van der Waals surface area contributed by atoms with Crippen molar-refractivity contribution in [2.75, 3.05) is 38.4 Å². The molecule has 0 aliphatic carbocycles. The minimum absolute atomic E-state index is 0.199. The Morgan fingerprint density at radius 1 is 1.04 bits per heavy atom. The van der Waals surface area contributed by atoms with Crippen molar-refractivity contribution in [3.05, 3.63) is 54.1 Å². The maximum atomic E-state index is 12.9. The van der Waals surface area contributed by atoms with E-state index in [1.807, 2.05) is 48.5 Å².